The van der Waals surface area contributed by atoms with Crippen LogP contribution in [0.5, 0.6) is 0 Å². The van der Waals surface area contributed by atoms with Gasteiger partial charge in [-0.2, -0.15) is 0 Å². The summed E-state index contributed by atoms with van der Waals surface area (Å²) in [4.78, 5) is 15.1. The van der Waals surface area contributed by atoms with Crippen molar-refractivity contribution in [1.82, 2.24) is 4.90 Å². The number of halogens is 1. The molecule has 1 aromatic rings. The van der Waals surface area contributed by atoms with Crippen LogP contribution in [-0.2, 0) is 0 Å². The van der Waals surface area contributed by atoms with Gasteiger partial charge in [0, 0.05) is 18.5 Å². The minimum absolute atomic E-state index is 0.0534. The number of nitrogens with zero attached hydrogens (tertiary/aromatic N) is 1. The molecule has 1 saturated carbocycles. The molecular weight excluding hydrogens is 282 g/mol. The first-order chi connectivity index (χ1) is 9.01. The number of hydrogen-bond acceptors (Lipinski definition) is 3. The monoisotopic (exact) mass is 299 g/mol. The lowest BCUT2D eigenvalue weighted by Gasteiger charge is -2.34. The average Bonchev–Trinajstić information content (AvgIpc) is 2.36. The number of rotatable bonds is 4. The Morgan fingerprint density at radius 2 is 2.21 bits per heavy atom. The zero-order valence-corrected chi connectivity index (χ0v) is 12.7. The lowest BCUT2D eigenvalue weighted by atomic mass is 9.82. The molecule has 1 N–H and O–H groups in total. The lowest BCUT2D eigenvalue weighted by Crippen LogP contribution is -2.39. The third-order valence-electron chi connectivity index (χ3n) is 3.49. The van der Waals surface area contributed by atoms with Gasteiger partial charge in [0.2, 0.25) is 0 Å². The number of carbonyl (C=O) groups excluding carboxylic acids is 1. The third kappa shape index (κ3) is 3.44. The normalized spacial score (nSPS) is 21.9. The van der Waals surface area contributed by atoms with Crippen LogP contribution in [-0.4, -0.2) is 41.9 Å². The Morgan fingerprint density at radius 1 is 1.53 bits per heavy atom. The fourth-order valence-electron chi connectivity index (χ4n) is 2.32. The zero-order chi connectivity index (χ0) is 14.0. The SMILES string of the molecule is CSc1ccc(Cl)c(C(=O)N(C)CC2CC(O)C2)c1. The number of thioether (sulfide) groups is 1. The maximum Gasteiger partial charge on any atom is 0.255 e. The maximum absolute atomic E-state index is 12.4. The summed E-state index contributed by atoms with van der Waals surface area (Å²) < 4.78 is 0. The Kier molecular flexibility index (Phi) is 4.76. The first-order valence-electron chi connectivity index (χ1n) is 6.28. The van der Waals surface area contributed by atoms with Crippen LogP contribution in [0.4, 0.5) is 0 Å². The van der Waals surface area contributed by atoms with Crippen LogP contribution in [0.1, 0.15) is 23.2 Å². The van der Waals surface area contributed by atoms with Gasteiger partial charge in [0.15, 0.2) is 0 Å². The van der Waals surface area contributed by atoms with E-state index in [2.05, 4.69) is 0 Å². The second-order valence-electron chi connectivity index (χ2n) is 5.02. The van der Waals surface area contributed by atoms with Crippen LogP contribution < -0.4 is 0 Å². The van der Waals surface area contributed by atoms with Gasteiger partial charge in [-0.15, -0.1) is 11.8 Å². The van der Waals surface area contributed by atoms with Gasteiger partial charge in [-0.1, -0.05) is 11.6 Å². The molecule has 0 aliphatic heterocycles. The van der Waals surface area contributed by atoms with E-state index in [1.54, 1.807) is 29.8 Å². The van der Waals surface area contributed by atoms with E-state index in [1.165, 1.54) is 0 Å². The molecule has 104 valence electrons. The molecule has 0 radical (unpaired) electrons. The number of amides is 1. The fraction of sp³-hybridized carbons (Fsp3) is 0.500. The second-order valence-corrected chi connectivity index (χ2v) is 6.31. The topological polar surface area (TPSA) is 40.5 Å². The van der Waals surface area contributed by atoms with Gasteiger partial charge in [-0.05, 0) is 43.2 Å². The molecule has 0 bridgehead atoms. The van der Waals surface area contributed by atoms with E-state index in [-0.39, 0.29) is 12.0 Å². The van der Waals surface area contributed by atoms with Crippen molar-refractivity contribution in [3.8, 4) is 0 Å². The molecule has 0 atom stereocenters. The molecule has 1 aromatic carbocycles. The summed E-state index contributed by atoms with van der Waals surface area (Å²) in [7, 11) is 1.79. The molecule has 0 aromatic heterocycles. The van der Waals surface area contributed by atoms with E-state index < -0.39 is 0 Å². The quantitative estimate of drug-likeness (QED) is 0.869. The summed E-state index contributed by atoms with van der Waals surface area (Å²) in [6, 6.07) is 5.51. The molecule has 1 fully saturated rings. The van der Waals surface area contributed by atoms with Crippen LogP contribution >= 0.6 is 23.4 Å². The van der Waals surface area contributed by atoms with Crippen LogP contribution in [0.25, 0.3) is 0 Å². The minimum Gasteiger partial charge on any atom is -0.393 e. The first kappa shape index (κ1) is 14.7. The standard InChI is InChI=1S/C14H18ClNO2S/c1-16(8-9-5-10(17)6-9)14(18)12-7-11(19-2)3-4-13(12)15/h3-4,7,9-10,17H,5-6,8H2,1-2H3. The summed E-state index contributed by atoms with van der Waals surface area (Å²) in [5.74, 6) is 0.355. The predicted molar refractivity (Wildman–Crippen MR) is 78.9 cm³/mol. The minimum atomic E-state index is -0.183. The third-order valence-corrected chi connectivity index (χ3v) is 4.55. The zero-order valence-electron chi connectivity index (χ0n) is 11.1. The van der Waals surface area contributed by atoms with Crippen LogP contribution in [0, 0.1) is 5.92 Å². The Hall–Kier alpha value is -0.710. The molecule has 3 nitrogen and oxygen atoms in total. The highest BCUT2D eigenvalue weighted by atomic mass is 35.5. The molecule has 0 unspecified atom stereocenters. The van der Waals surface area contributed by atoms with Crippen molar-refractivity contribution in [3.63, 3.8) is 0 Å². The Labute approximate surface area is 122 Å². The van der Waals surface area contributed by atoms with E-state index >= 15 is 0 Å². The van der Waals surface area contributed by atoms with Crippen LogP contribution in [0.15, 0.2) is 23.1 Å². The van der Waals surface area contributed by atoms with E-state index in [0.29, 0.717) is 23.0 Å². The molecule has 2 rings (SSSR count). The van der Waals surface area contributed by atoms with Gasteiger partial charge in [-0.3, -0.25) is 4.79 Å². The van der Waals surface area contributed by atoms with E-state index in [9.17, 15) is 9.90 Å². The number of aliphatic hydroxyl groups is 1. The highest BCUT2D eigenvalue weighted by molar-refractivity contribution is 7.98. The van der Waals surface area contributed by atoms with Gasteiger partial charge < -0.3 is 10.0 Å². The Morgan fingerprint density at radius 3 is 2.79 bits per heavy atom. The van der Waals surface area contributed by atoms with Crippen molar-refractivity contribution in [2.45, 2.75) is 23.8 Å². The molecule has 1 aliphatic carbocycles. The van der Waals surface area contributed by atoms with Crippen molar-refractivity contribution < 1.29 is 9.90 Å². The molecule has 1 amide bonds. The van der Waals surface area contributed by atoms with E-state index in [4.69, 9.17) is 11.6 Å². The van der Waals surface area contributed by atoms with Gasteiger partial charge in [-0.25, -0.2) is 0 Å². The summed E-state index contributed by atoms with van der Waals surface area (Å²) in [6.07, 6.45) is 3.36. The highest BCUT2D eigenvalue weighted by Gasteiger charge is 2.29. The van der Waals surface area contributed by atoms with E-state index in [1.807, 2.05) is 18.4 Å². The summed E-state index contributed by atoms with van der Waals surface area (Å²) >= 11 is 7.69. The largest absolute Gasteiger partial charge is 0.393 e. The number of benzene rings is 1. The molecule has 0 heterocycles. The van der Waals surface area contributed by atoms with Crippen molar-refractivity contribution in [2.24, 2.45) is 5.92 Å². The molecule has 1 aliphatic rings. The smallest absolute Gasteiger partial charge is 0.255 e. The predicted octanol–water partition coefficient (Wildman–Crippen LogP) is 2.90. The van der Waals surface area contributed by atoms with Crippen molar-refractivity contribution in [1.29, 1.82) is 0 Å². The maximum atomic E-state index is 12.4. The van der Waals surface area contributed by atoms with Crippen molar-refractivity contribution in [2.75, 3.05) is 19.8 Å². The highest BCUT2D eigenvalue weighted by Crippen LogP contribution is 2.29. The fourth-order valence-corrected chi connectivity index (χ4v) is 2.96. The van der Waals surface area contributed by atoms with Crippen LogP contribution in [0.3, 0.4) is 0 Å². The Bertz CT molecular complexity index is 475. The van der Waals surface area contributed by atoms with Gasteiger partial charge in [0.25, 0.3) is 5.91 Å². The lowest BCUT2D eigenvalue weighted by molar-refractivity contribution is 0.0265. The van der Waals surface area contributed by atoms with Gasteiger partial charge in [0.05, 0.1) is 16.7 Å². The number of hydrogen-bond donors (Lipinski definition) is 1. The summed E-state index contributed by atoms with van der Waals surface area (Å²) in [6.45, 7) is 0.676. The van der Waals surface area contributed by atoms with Crippen molar-refractivity contribution >= 4 is 29.3 Å². The van der Waals surface area contributed by atoms with Gasteiger partial charge in [0.1, 0.15) is 0 Å². The summed E-state index contributed by atoms with van der Waals surface area (Å²) in [5.41, 5.74) is 0.552. The summed E-state index contributed by atoms with van der Waals surface area (Å²) in [5, 5.41) is 9.76. The average molecular weight is 300 g/mol. The van der Waals surface area contributed by atoms with E-state index in [0.717, 1.165) is 17.7 Å². The van der Waals surface area contributed by atoms with Crippen LogP contribution in [0.2, 0.25) is 5.02 Å². The first-order valence-corrected chi connectivity index (χ1v) is 7.88. The second kappa shape index (κ2) is 6.16. The van der Waals surface area contributed by atoms with Gasteiger partial charge >= 0.3 is 0 Å². The molecule has 5 heteroatoms. The molecule has 19 heavy (non-hydrogen) atoms. The molecule has 0 spiro atoms. The molecule has 0 saturated heterocycles. The number of aliphatic hydroxyl groups excluding tert-OH is 1. The Balaban J connectivity index is 2.05. The molecular formula is C14H18ClNO2S. The number of carbonyl (C=O) groups is 1. The van der Waals surface area contributed by atoms with Crippen molar-refractivity contribution in [3.05, 3.63) is 28.8 Å².